The van der Waals surface area contributed by atoms with E-state index in [9.17, 15) is 9.59 Å². The first kappa shape index (κ1) is 21.9. The van der Waals surface area contributed by atoms with E-state index in [1.807, 2.05) is 13.0 Å². The van der Waals surface area contributed by atoms with Crippen molar-refractivity contribution in [1.29, 1.82) is 0 Å². The SMILES string of the molecule is COC[C@]1(Nc2cc(C(=O)Nc3nnc(-n4nccc4C)s3)oc(=O)c2OC)CCOC1. The van der Waals surface area contributed by atoms with Crippen molar-refractivity contribution in [3.8, 4) is 10.9 Å². The van der Waals surface area contributed by atoms with E-state index in [4.69, 9.17) is 18.6 Å². The third-order valence-corrected chi connectivity index (χ3v) is 5.72. The van der Waals surface area contributed by atoms with Crippen LogP contribution in [0.3, 0.4) is 0 Å². The maximum absolute atomic E-state index is 12.8. The molecule has 13 heteroatoms. The van der Waals surface area contributed by atoms with Gasteiger partial charge in [0.05, 0.1) is 31.5 Å². The number of hydrogen-bond donors (Lipinski definition) is 2. The first-order valence-electron chi connectivity index (χ1n) is 9.67. The molecule has 0 spiro atoms. The molecule has 3 aromatic rings. The van der Waals surface area contributed by atoms with E-state index in [1.54, 1.807) is 18.0 Å². The number of carbonyl (C=O) groups excluding carboxylic acids is 1. The van der Waals surface area contributed by atoms with E-state index in [-0.39, 0.29) is 16.6 Å². The van der Waals surface area contributed by atoms with E-state index < -0.39 is 17.1 Å². The van der Waals surface area contributed by atoms with Gasteiger partial charge in [0.15, 0.2) is 5.76 Å². The number of nitrogens with one attached hydrogen (secondary N) is 2. The molecule has 1 aliphatic heterocycles. The van der Waals surface area contributed by atoms with Crippen LogP contribution in [0.2, 0.25) is 0 Å². The zero-order valence-electron chi connectivity index (χ0n) is 17.7. The van der Waals surface area contributed by atoms with Gasteiger partial charge in [0.1, 0.15) is 0 Å². The second kappa shape index (κ2) is 9.06. The average molecular weight is 462 g/mol. The van der Waals surface area contributed by atoms with Gasteiger partial charge in [-0.1, -0.05) is 11.3 Å². The Bertz CT molecular complexity index is 1170. The van der Waals surface area contributed by atoms with Crippen molar-refractivity contribution < 1.29 is 23.4 Å². The summed E-state index contributed by atoms with van der Waals surface area (Å²) in [4.78, 5) is 25.2. The Morgan fingerprint density at radius 3 is 2.88 bits per heavy atom. The van der Waals surface area contributed by atoms with Gasteiger partial charge in [0.2, 0.25) is 16.0 Å². The third kappa shape index (κ3) is 4.35. The standard InChI is InChI=1S/C19H22N6O6S/c1-11-4-6-20-25(11)18-24-23-17(32-18)21-15(26)13-8-12(14(29-3)16(27)31-13)22-19(9-28-2)5-7-30-10-19/h4,6,8,22H,5,7,9-10H2,1-3H3,(H,21,23,26)/t19-/m1/s1. The highest BCUT2D eigenvalue weighted by Crippen LogP contribution is 2.30. The average Bonchev–Trinajstić information content (AvgIpc) is 3.50. The van der Waals surface area contributed by atoms with E-state index in [0.29, 0.717) is 37.1 Å². The van der Waals surface area contributed by atoms with Crippen LogP contribution >= 0.6 is 11.3 Å². The molecule has 4 rings (SSSR count). The van der Waals surface area contributed by atoms with Gasteiger partial charge in [-0.3, -0.25) is 10.1 Å². The lowest BCUT2D eigenvalue weighted by Crippen LogP contribution is -2.43. The topological polar surface area (TPSA) is 143 Å². The molecule has 170 valence electrons. The first-order valence-corrected chi connectivity index (χ1v) is 10.5. The zero-order chi connectivity index (χ0) is 22.7. The van der Waals surface area contributed by atoms with Gasteiger partial charge in [0, 0.05) is 31.7 Å². The lowest BCUT2D eigenvalue weighted by molar-refractivity contribution is 0.0991. The number of amides is 1. The quantitative estimate of drug-likeness (QED) is 0.505. The Hall–Kier alpha value is -3.29. The maximum Gasteiger partial charge on any atom is 0.381 e. The van der Waals surface area contributed by atoms with Crippen LogP contribution in [-0.2, 0) is 9.47 Å². The van der Waals surface area contributed by atoms with Gasteiger partial charge in [-0.05, 0) is 19.4 Å². The number of nitrogens with zero attached hydrogens (tertiary/aromatic N) is 4. The fourth-order valence-corrected chi connectivity index (χ4v) is 4.14. The molecule has 0 unspecified atom stereocenters. The summed E-state index contributed by atoms with van der Waals surface area (Å²) in [6, 6.07) is 3.23. The number of carbonyl (C=O) groups is 1. The summed E-state index contributed by atoms with van der Waals surface area (Å²) in [5.41, 5.74) is -0.170. The molecule has 0 aliphatic carbocycles. The number of hydrogen-bond acceptors (Lipinski definition) is 11. The molecule has 3 aromatic heterocycles. The highest BCUT2D eigenvalue weighted by atomic mass is 32.1. The number of anilines is 2. The number of aromatic nitrogens is 4. The molecule has 0 aromatic carbocycles. The first-order chi connectivity index (χ1) is 15.4. The van der Waals surface area contributed by atoms with Crippen molar-refractivity contribution in [2.24, 2.45) is 0 Å². The Balaban J connectivity index is 1.58. The molecule has 32 heavy (non-hydrogen) atoms. The summed E-state index contributed by atoms with van der Waals surface area (Å²) in [6.07, 6.45) is 2.30. The van der Waals surface area contributed by atoms with Crippen molar-refractivity contribution in [1.82, 2.24) is 20.0 Å². The zero-order valence-corrected chi connectivity index (χ0v) is 18.5. The number of methoxy groups -OCH3 is 2. The maximum atomic E-state index is 12.8. The minimum absolute atomic E-state index is 0.0451. The lowest BCUT2D eigenvalue weighted by Gasteiger charge is -2.29. The molecule has 1 amide bonds. The summed E-state index contributed by atoms with van der Waals surface area (Å²) in [6.45, 7) is 3.14. The summed E-state index contributed by atoms with van der Waals surface area (Å²) < 4.78 is 22.8. The number of aryl methyl sites for hydroxylation is 1. The fraction of sp³-hybridized carbons (Fsp3) is 0.421. The molecule has 12 nitrogen and oxygen atoms in total. The smallest absolute Gasteiger partial charge is 0.381 e. The predicted molar refractivity (Wildman–Crippen MR) is 115 cm³/mol. The van der Waals surface area contributed by atoms with Crippen molar-refractivity contribution in [3.63, 3.8) is 0 Å². The van der Waals surface area contributed by atoms with Gasteiger partial charge in [-0.25, -0.2) is 9.48 Å². The van der Waals surface area contributed by atoms with E-state index in [1.165, 1.54) is 13.2 Å². The monoisotopic (exact) mass is 462 g/mol. The summed E-state index contributed by atoms with van der Waals surface area (Å²) in [7, 11) is 2.93. The summed E-state index contributed by atoms with van der Waals surface area (Å²) >= 11 is 1.13. The molecule has 2 N–H and O–H groups in total. The van der Waals surface area contributed by atoms with E-state index in [2.05, 4.69) is 25.9 Å². The normalized spacial score (nSPS) is 18.0. The van der Waals surface area contributed by atoms with Crippen LogP contribution in [0.15, 0.2) is 27.5 Å². The van der Waals surface area contributed by atoms with Gasteiger partial charge in [-0.15, -0.1) is 10.2 Å². The van der Waals surface area contributed by atoms with Crippen molar-refractivity contribution in [3.05, 3.63) is 40.2 Å². The largest absolute Gasteiger partial charge is 0.488 e. The summed E-state index contributed by atoms with van der Waals surface area (Å²) in [5.74, 6) is -0.913. The third-order valence-electron chi connectivity index (χ3n) is 4.91. The molecule has 1 fully saturated rings. The molecule has 1 atom stereocenters. The van der Waals surface area contributed by atoms with Crippen molar-refractivity contribution >= 4 is 28.1 Å². The van der Waals surface area contributed by atoms with Crippen molar-refractivity contribution in [2.75, 3.05) is 44.7 Å². The lowest BCUT2D eigenvalue weighted by atomic mass is 9.99. The molecule has 0 bridgehead atoms. The molecule has 4 heterocycles. The van der Waals surface area contributed by atoms with Crippen molar-refractivity contribution in [2.45, 2.75) is 18.9 Å². The second-order valence-corrected chi connectivity index (χ2v) is 8.17. The highest BCUT2D eigenvalue weighted by molar-refractivity contribution is 7.17. The van der Waals surface area contributed by atoms with Crippen LogP contribution in [0.25, 0.3) is 5.13 Å². The van der Waals surface area contributed by atoms with Crippen LogP contribution in [0, 0.1) is 6.92 Å². The number of rotatable bonds is 8. The molecule has 1 aliphatic rings. The molecule has 0 saturated carbocycles. The van der Waals surface area contributed by atoms with Crippen LogP contribution in [0.4, 0.5) is 10.8 Å². The van der Waals surface area contributed by atoms with Crippen LogP contribution in [0.5, 0.6) is 5.75 Å². The summed E-state index contributed by atoms with van der Waals surface area (Å²) in [5, 5.41) is 18.7. The highest BCUT2D eigenvalue weighted by Gasteiger charge is 2.36. The van der Waals surface area contributed by atoms with E-state index in [0.717, 1.165) is 17.0 Å². The van der Waals surface area contributed by atoms with Gasteiger partial charge < -0.3 is 23.9 Å². The Labute approximate surface area is 186 Å². The van der Waals surface area contributed by atoms with Gasteiger partial charge >= 0.3 is 5.63 Å². The minimum Gasteiger partial charge on any atom is -0.488 e. The molecular weight excluding hydrogens is 440 g/mol. The molecule has 1 saturated heterocycles. The minimum atomic E-state index is -0.792. The predicted octanol–water partition coefficient (Wildman–Crippen LogP) is 1.46. The van der Waals surface area contributed by atoms with Crippen LogP contribution in [0.1, 0.15) is 22.7 Å². The second-order valence-electron chi connectivity index (χ2n) is 7.21. The fourth-order valence-electron chi connectivity index (χ4n) is 3.38. The van der Waals surface area contributed by atoms with Crippen LogP contribution in [-0.4, -0.2) is 65.5 Å². The van der Waals surface area contributed by atoms with Crippen LogP contribution < -0.4 is 21.0 Å². The van der Waals surface area contributed by atoms with E-state index >= 15 is 0 Å². The Kier molecular flexibility index (Phi) is 6.21. The number of ether oxygens (including phenoxy) is 3. The van der Waals surface area contributed by atoms with Gasteiger partial charge in [0.25, 0.3) is 5.91 Å². The Morgan fingerprint density at radius 1 is 1.38 bits per heavy atom. The Morgan fingerprint density at radius 2 is 2.22 bits per heavy atom. The van der Waals surface area contributed by atoms with Gasteiger partial charge in [-0.2, -0.15) is 5.10 Å². The molecular formula is C19H22N6O6S. The molecule has 0 radical (unpaired) electrons.